The van der Waals surface area contributed by atoms with Crippen LogP contribution in [0.2, 0.25) is 0 Å². The van der Waals surface area contributed by atoms with Crippen LogP contribution < -0.4 is 14.8 Å². The minimum atomic E-state index is -0.101. The van der Waals surface area contributed by atoms with Crippen LogP contribution >= 0.6 is 0 Å². The van der Waals surface area contributed by atoms with Gasteiger partial charge in [-0.15, -0.1) is 0 Å². The highest BCUT2D eigenvalue weighted by atomic mass is 16.5. The second kappa shape index (κ2) is 7.20. The van der Waals surface area contributed by atoms with Gasteiger partial charge in [-0.3, -0.25) is 9.59 Å². The van der Waals surface area contributed by atoms with Crippen LogP contribution in [0.3, 0.4) is 0 Å². The molecule has 19 heavy (non-hydrogen) atoms. The first kappa shape index (κ1) is 14.8. The van der Waals surface area contributed by atoms with Crippen LogP contribution in [-0.2, 0) is 4.79 Å². The Morgan fingerprint density at radius 1 is 1.32 bits per heavy atom. The SMILES string of the molecule is COc1cc(C=O)cc(C=CCNC(C)=O)c1OC. The highest BCUT2D eigenvalue weighted by Gasteiger charge is 2.10. The van der Waals surface area contributed by atoms with Gasteiger partial charge in [-0.2, -0.15) is 0 Å². The number of benzene rings is 1. The smallest absolute Gasteiger partial charge is 0.217 e. The fraction of sp³-hybridized carbons (Fsp3) is 0.286. The van der Waals surface area contributed by atoms with Crippen molar-refractivity contribution in [1.29, 1.82) is 0 Å². The predicted octanol–water partition coefficient (Wildman–Crippen LogP) is 1.67. The molecule has 0 spiro atoms. The molecule has 0 radical (unpaired) electrons. The minimum absolute atomic E-state index is 0.101. The molecule has 0 aliphatic heterocycles. The number of amides is 1. The average molecular weight is 263 g/mol. The number of carbonyl (C=O) groups excluding carboxylic acids is 2. The largest absolute Gasteiger partial charge is 0.493 e. The molecule has 0 aliphatic rings. The Bertz CT molecular complexity index is 494. The van der Waals surface area contributed by atoms with Crippen LogP contribution in [0.15, 0.2) is 18.2 Å². The molecular formula is C14H17NO4. The van der Waals surface area contributed by atoms with Gasteiger partial charge in [0.2, 0.25) is 5.91 Å². The van der Waals surface area contributed by atoms with Gasteiger partial charge in [-0.25, -0.2) is 0 Å². The lowest BCUT2D eigenvalue weighted by Gasteiger charge is -2.11. The maximum Gasteiger partial charge on any atom is 0.217 e. The van der Waals surface area contributed by atoms with E-state index in [1.165, 1.54) is 21.1 Å². The lowest BCUT2D eigenvalue weighted by Crippen LogP contribution is -2.19. The molecule has 0 heterocycles. The Kier molecular flexibility index (Phi) is 5.60. The third kappa shape index (κ3) is 4.13. The van der Waals surface area contributed by atoms with E-state index in [4.69, 9.17) is 9.47 Å². The maximum absolute atomic E-state index is 10.9. The summed E-state index contributed by atoms with van der Waals surface area (Å²) in [5, 5.41) is 2.64. The summed E-state index contributed by atoms with van der Waals surface area (Å²) in [5.41, 5.74) is 1.21. The Morgan fingerprint density at radius 3 is 2.58 bits per heavy atom. The number of ether oxygens (including phenoxy) is 2. The summed E-state index contributed by atoms with van der Waals surface area (Å²) in [7, 11) is 3.04. The van der Waals surface area contributed by atoms with Crippen LogP contribution in [0.4, 0.5) is 0 Å². The molecule has 0 atom stereocenters. The average Bonchev–Trinajstić information content (AvgIpc) is 2.42. The van der Waals surface area contributed by atoms with Crippen molar-refractivity contribution in [1.82, 2.24) is 5.32 Å². The van der Waals surface area contributed by atoms with Gasteiger partial charge in [0.15, 0.2) is 11.5 Å². The van der Waals surface area contributed by atoms with Gasteiger partial charge < -0.3 is 14.8 Å². The topological polar surface area (TPSA) is 64.6 Å². The van der Waals surface area contributed by atoms with Gasteiger partial charge in [-0.1, -0.05) is 12.2 Å². The van der Waals surface area contributed by atoms with E-state index in [1.54, 1.807) is 24.3 Å². The van der Waals surface area contributed by atoms with Gasteiger partial charge in [0.1, 0.15) is 6.29 Å². The fourth-order valence-electron chi connectivity index (χ4n) is 1.60. The summed E-state index contributed by atoms with van der Waals surface area (Å²) < 4.78 is 10.4. The molecule has 5 nitrogen and oxygen atoms in total. The van der Waals surface area contributed by atoms with E-state index in [9.17, 15) is 9.59 Å². The van der Waals surface area contributed by atoms with E-state index < -0.39 is 0 Å². The lowest BCUT2D eigenvalue weighted by atomic mass is 10.1. The number of hydrogen-bond donors (Lipinski definition) is 1. The van der Waals surface area contributed by atoms with E-state index in [-0.39, 0.29) is 5.91 Å². The minimum Gasteiger partial charge on any atom is -0.493 e. The van der Waals surface area contributed by atoms with Gasteiger partial charge >= 0.3 is 0 Å². The second-order valence-corrected chi connectivity index (χ2v) is 3.80. The molecule has 0 fully saturated rings. The summed E-state index contributed by atoms with van der Waals surface area (Å²) in [6, 6.07) is 3.30. The van der Waals surface area contributed by atoms with Crippen LogP contribution in [-0.4, -0.2) is 33.0 Å². The molecule has 102 valence electrons. The first-order valence-electron chi connectivity index (χ1n) is 5.74. The third-order valence-corrected chi connectivity index (χ3v) is 2.43. The summed E-state index contributed by atoms with van der Waals surface area (Å²) in [4.78, 5) is 21.6. The number of carbonyl (C=O) groups is 2. The molecule has 0 aliphatic carbocycles. The normalized spacial score (nSPS) is 10.3. The molecule has 5 heteroatoms. The number of hydrogen-bond acceptors (Lipinski definition) is 4. The molecule has 1 aromatic carbocycles. The molecule has 0 saturated heterocycles. The van der Waals surface area contributed by atoms with E-state index in [1.807, 2.05) is 0 Å². The van der Waals surface area contributed by atoms with Gasteiger partial charge in [0.05, 0.1) is 14.2 Å². The van der Waals surface area contributed by atoms with E-state index in [2.05, 4.69) is 5.32 Å². The maximum atomic E-state index is 10.9. The van der Waals surface area contributed by atoms with Crippen LogP contribution in [0.5, 0.6) is 11.5 Å². The van der Waals surface area contributed by atoms with E-state index in [0.717, 1.165) is 6.29 Å². The summed E-state index contributed by atoms with van der Waals surface area (Å²) in [5.74, 6) is 0.939. The Labute approximate surface area is 112 Å². The molecule has 0 unspecified atom stereocenters. The summed E-state index contributed by atoms with van der Waals surface area (Å²) in [6.45, 7) is 1.86. The number of rotatable bonds is 6. The quantitative estimate of drug-likeness (QED) is 0.793. The molecule has 0 aromatic heterocycles. The number of aldehydes is 1. The zero-order chi connectivity index (χ0) is 14.3. The Morgan fingerprint density at radius 2 is 2.05 bits per heavy atom. The Balaban J connectivity index is 3.02. The first-order valence-corrected chi connectivity index (χ1v) is 5.74. The first-order chi connectivity index (χ1) is 9.12. The highest BCUT2D eigenvalue weighted by Crippen LogP contribution is 2.33. The zero-order valence-corrected chi connectivity index (χ0v) is 11.2. The monoisotopic (exact) mass is 263 g/mol. The molecule has 1 aromatic rings. The number of methoxy groups -OCH3 is 2. The van der Waals surface area contributed by atoms with Crippen molar-refractivity contribution in [2.75, 3.05) is 20.8 Å². The summed E-state index contributed by atoms with van der Waals surface area (Å²) in [6.07, 6.45) is 4.28. The second-order valence-electron chi connectivity index (χ2n) is 3.80. The van der Waals surface area contributed by atoms with Crippen molar-refractivity contribution in [3.05, 3.63) is 29.3 Å². The number of nitrogens with one attached hydrogen (secondary N) is 1. The molecule has 1 N–H and O–H groups in total. The molecule has 0 bridgehead atoms. The standard InChI is InChI=1S/C14H17NO4/c1-10(17)15-6-4-5-12-7-11(9-16)8-13(18-2)14(12)19-3/h4-5,7-9H,6H2,1-3H3,(H,15,17). The molecular weight excluding hydrogens is 246 g/mol. The van der Waals surface area contributed by atoms with Gasteiger partial charge in [-0.05, 0) is 12.1 Å². The van der Waals surface area contributed by atoms with Crippen molar-refractivity contribution in [3.8, 4) is 11.5 Å². The fourth-order valence-corrected chi connectivity index (χ4v) is 1.60. The molecule has 1 amide bonds. The van der Waals surface area contributed by atoms with E-state index >= 15 is 0 Å². The van der Waals surface area contributed by atoms with Crippen LogP contribution in [0.25, 0.3) is 6.08 Å². The highest BCUT2D eigenvalue weighted by molar-refractivity contribution is 5.80. The van der Waals surface area contributed by atoms with Gasteiger partial charge in [0, 0.05) is 24.6 Å². The molecule has 1 rings (SSSR count). The van der Waals surface area contributed by atoms with Crippen molar-refractivity contribution in [3.63, 3.8) is 0 Å². The zero-order valence-electron chi connectivity index (χ0n) is 11.2. The van der Waals surface area contributed by atoms with Crippen LogP contribution in [0.1, 0.15) is 22.8 Å². The van der Waals surface area contributed by atoms with Crippen molar-refractivity contribution in [2.45, 2.75) is 6.92 Å². The lowest BCUT2D eigenvalue weighted by molar-refractivity contribution is -0.118. The molecule has 0 saturated carbocycles. The van der Waals surface area contributed by atoms with Crippen LogP contribution in [0, 0.1) is 0 Å². The van der Waals surface area contributed by atoms with Crippen molar-refractivity contribution in [2.24, 2.45) is 0 Å². The van der Waals surface area contributed by atoms with Gasteiger partial charge in [0.25, 0.3) is 0 Å². The Hall–Kier alpha value is -2.30. The predicted molar refractivity (Wildman–Crippen MR) is 72.7 cm³/mol. The van der Waals surface area contributed by atoms with Crippen molar-refractivity contribution < 1.29 is 19.1 Å². The third-order valence-electron chi connectivity index (χ3n) is 2.43. The van der Waals surface area contributed by atoms with Crippen molar-refractivity contribution >= 4 is 18.3 Å². The summed E-state index contributed by atoms with van der Waals surface area (Å²) >= 11 is 0. The van der Waals surface area contributed by atoms with E-state index in [0.29, 0.717) is 29.2 Å².